The van der Waals surface area contributed by atoms with E-state index < -0.39 is 5.63 Å². The Morgan fingerprint density at radius 2 is 1.83 bits per heavy atom. The van der Waals surface area contributed by atoms with E-state index in [0.29, 0.717) is 21.6 Å². The minimum atomic E-state index is -0.598. The maximum absolute atomic E-state index is 13.0. The van der Waals surface area contributed by atoms with Crippen molar-refractivity contribution in [3.05, 3.63) is 69.8 Å². The van der Waals surface area contributed by atoms with E-state index in [2.05, 4.69) is 10.1 Å². The van der Waals surface area contributed by atoms with Crippen LogP contribution in [0.25, 0.3) is 33.8 Å². The van der Waals surface area contributed by atoms with Gasteiger partial charge in [0.25, 0.3) is 5.89 Å². The number of hydrogen-bond donors (Lipinski definition) is 0. The van der Waals surface area contributed by atoms with Gasteiger partial charge in [-0.1, -0.05) is 16.8 Å². The Morgan fingerprint density at radius 1 is 1.04 bits per heavy atom. The Bertz CT molecular complexity index is 1100. The van der Waals surface area contributed by atoms with E-state index in [-0.39, 0.29) is 23.1 Å². The van der Waals surface area contributed by atoms with Crippen molar-refractivity contribution in [3.63, 3.8) is 0 Å². The van der Waals surface area contributed by atoms with Gasteiger partial charge in [-0.15, -0.1) is 0 Å². The van der Waals surface area contributed by atoms with Gasteiger partial charge in [0.15, 0.2) is 0 Å². The lowest BCUT2D eigenvalue weighted by atomic mass is 10.2. The van der Waals surface area contributed by atoms with Crippen LogP contribution in [0.4, 0.5) is 4.39 Å². The Morgan fingerprint density at radius 3 is 2.62 bits per heavy atom. The summed E-state index contributed by atoms with van der Waals surface area (Å²) in [5, 5.41) is 4.97. The highest BCUT2D eigenvalue weighted by atomic mass is 35.5. The number of nitrogens with zero attached hydrogens (tertiary/aromatic N) is 2. The first kappa shape index (κ1) is 14.6. The average molecular weight is 343 g/mol. The van der Waals surface area contributed by atoms with Crippen molar-refractivity contribution in [2.45, 2.75) is 0 Å². The van der Waals surface area contributed by atoms with Crippen LogP contribution in [0.2, 0.25) is 5.02 Å². The van der Waals surface area contributed by atoms with Crippen LogP contribution < -0.4 is 5.63 Å². The van der Waals surface area contributed by atoms with Crippen molar-refractivity contribution in [2.24, 2.45) is 0 Å². The predicted octanol–water partition coefficient (Wildman–Crippen LogP) is 4.30. The van der Waals surface area contributed by atoms with E-state index in [1.807, 2.05) is 0 Å². The first-order valence-electron chi connectivity index (χ1n) is 6.93. The highest BCUT2D eigenvalue weighted by Crippen LogP contribution is 2.24. The molecule has 0 amide bonds. The topological polar surface area (TPSA) is 69.1 Å². The molecule has 5 nitrogen and oxygen atoms in total. The molecule has 0 fully saturated rings. The maximum atomic E-state index is 13.0. The summed E-state index contributed by atoms with van der Waals surface area (Å²) in [4.78, 5) is 16.3. The minimum absolute atomic E-state index is 0.0185. The fraction of sp³-hybridized carbons (Fsp3) is 0. The number of fused-ring (bicyclic) bond motifs is 1. The van der Waals surface area contributed by atoms with Crippen LogP contribution in [0.5, 0.6) is 0 Å². The molecule has 0 aliphatic carbocycles. The molecule has 4 rings (SSSR count). The molecule has 0 aliphatic heterocycles. The molecule has 0 unspecified atom stereocenters. The molecule has 7 heteroatoms. The molecular formula is C17H8ClFN2O3. The molecule has 0 saturated carbocycles. The highest BCUT2D eigenvalue weighted by Gasteiger charge is 2.16. The van der Waals surface area contributed by atoms with Gasteiger partial charge in [0.05, 0.1) is 0 Å². The van der Waals surface area contributed by atoms with E-state index in [1.54, 1.807) is 24.3 Å². The maximum Gasteiger partial charge on any atom is 0.349 e. The van der Waals surface area contributed by atoms with Crippen LogP contribution in [0.1, 0.15) is 0 Å². The smallest absolute Gasteiger partial charge is 0.349 e. The molecule has 0 bridgehead atoms. The summed E-state index contributed by atoms with van der Waals surface area (Å²) in [6.45, 7) is 0. The fourth-order valence-corrected chi connectivity index (χ4v) is 2.47. The van der Waals surface area contributed by atoms with Gasteiger partial charge in [0.1, 0.15) is 17.0 Å². The van der Waals surface area contributed by atoms with Gasteiger partial charge < -0.3 is 8.94 Å². The zero-order chi connectivity index (χ0) is 16.7. The lowest BCUT2D eigenvalue weighted by molar-refractivity contribution is 0.429. The summed E-state index contributed by atoms with van der Waals surface area (Å²) >= 11 is 5.95. The highest BCUT2D eigenvalue weighted by molar-refractivity contribution is 6.31. The third kappa shape index (κ3) is 2.57. The second kappa shape index (κ2) is 5.58. The largest absolute Gasteiger partial charge is 0.422 e. The third-order valence-corrected chi connectivity index (χ3v) is 3.69. The fourth-order valence-electron chi connectivity index (χ4n) is 2.29. The van der Waals surface area contributed by atoms with Crippen LogP contribution in [0.15, 0.2) is 62.3 Å². The van der Waals surface area contributed by atoms with E-state index >= 15 is 0 Å². The third-order valence-electron chi connectivity index (χ3n) is 3.45. The number of hydrogen-bond acceptors (Lipinski definition) is 5. The van der Waals surface area contributed by atoms with Crippen molar-refractivity contribution in [2.75, 3.05) is 0 Å². The molecule has 0 atom stereocenters. The molecule has 0 aliphatic rings. The Hall–Kier alpha value is -2.99. The monoisotopic (exact) mass is 342 g/mol. The predicted molar refractivity (Wildman–Crippen MR) is 86.2 cm³/mol. The minimum Gasteiger partial charge on any atom is -0.422 e. The SMILES string of the molecule is O=c1oc2ccc(Cl)cc2cc1-c1nc(-c2ccc(F)cc2)no1. The summed E-state index contributed by atoms with van der Waals surface area (Å²) in [5.74, 6) is -0.102. The van der Waals surface area contributed by atoms with Crippen molar-refractivity contribution < 1.29 is 13.3 Å². The van der Waals surface area contributed by atoms with Gasteiger partial charge in [-0.25, -0.2) is 9.18 Å². The molecule has 2 aromatic heterocycles. The molecular weight excluding hydrogens is 335 g/mol. The second-order valence-corrected chi connectivity index (χ2v) is 5.50. The van der Waals surface area contributed by atoms with E-state index in [0.717, 1.165) is 0 Å². The van der Waals surface area contributed by atoms with Gasteiger partial charge in [-0.05, 0) is 48.5 Å². The van der Waals surface area contributed by atoms with Crippen molar-refractivity contribution in [1.29, 1.82) is 0 Å². The van der Waals surface area contributed by atoms with E-state index in [1.165, 1.54) is 24.3 Å². The van der Waals surface area contributed by atoms with Crippen LogP contribution >= 0.6 is 11.6 Å². The molecule has 0 saturated heterocycles. The van der Waals surface area contributed by atoms with Gasteiger partial charge in [0, 0.05) is 16.0 Å². The molecule has 118 valence electrons. The normalized spacial score (nSPS) is 11.1. The molecule has 0 N–H and O–H groups in total. The summed E-state index contributed by atoms with van der Waals surface area (Å²) in [6, 6.07) is 12.1. The van der Waals surface area contributed by atoms with Crippen molar-refractivity contribution in [3.8, 4) is 22.8 Å². The first-order valence-corrected chi connectivity index (χ1v) is 7.31. The number of benzene rings is 2. The molecule has 0 spiro atoms. The summed E-state index contributed by atoms with van der Waals surface area (Å²) in [6.07, 6.45) is 0. The quantitative estimate of drug-likeness (QED) is 0.508. The van der Waals surface area contributed by atoms with Gasteiger partial charge in [0.2, 0.25) is 5.82 Å². The number of aromatic nitrogens is 2. The summed E-state index contributed by atoms with van der Waals surface area (Å²) in [7, 11) is 0. The van der Waals surface area contributed by atoms with Crippen LogP contribution in [0, 0.1) is 5.82 Å². The molecule has 0 radical (unpaired) electrons. The Kier molecular flexibility index (Phi) is 3.39. The number of rotatable bonds is 2. The van der Waals surface area contributed by atoms with Crippen LogP contribution in [-0.2, 0) is 0 Å². The standard InChI is InChI=1S/C17H8ClFN2O3/c18-11-3-6-14-10(7-11)8-13(17(22)23-14)16-20-15(21-24-16)9-1-4-12(19)5-2-9/h1-8H. The van der Waals surface area contributed by atoms with Crippen LogP contribution in [-0.4, -0.2) is 10.1 Å². The Balaban J connectivity index is 1.81. The lowest BCUT2D eigenvalue weighted by Gasteiger charge is -1.99. The summed E-state index contributed by atoms with van der Waals surface area (Å²) in [5.41, 5.74) is 0.510. The van der Waals surface area contributed by atoms with Gasteiger partial charge in [-0.3, -0.25) is 0 Å². The van der Waals surface area contributed by atoms with Gasteiger partial charge in [-0.2, -0.15) is 4.98 Å². The van der Waals surface area contributed by atoms with E-state index in [4.69, 9.17) is 20.5 Å². The van der Waals surface area contributed by atoms with Gasteiger partial charge >= 0.3 is 5.63 Å². The summed E-state index contributed by atoms with van der Waals surface area (Å²) < 4.78 is 23.4. The first-order chi connectivity index (χ1) is 11.6. The molecule has 24 heavy (non-hydrogen) atoms. The molecule has 2 heterocycles. The van der Waals surface area contributed by atoms with Crippen molar-refractivity contribution in [1.82, 2.24) is 10.1 Å². The zero-order valence-electron chi connectivity index (χ0n) is 12.0. The van der Waals surface area contributed by atoms with Crippen LogP contribution in [0.3, 0.4) is 0 Å². The van der Waals surface area contributed by atoms with E-state index in [9.17, 15) is 9.18 Å². The molecule has 2 aromatic carbocycles. The number of halogens is 2. The molecule has 4 aromatic rings. The zero-order valence-corrected chi connectivity index (χ0v) is 12.7. The lowest BCUT2D eigenvalue weighted by Crippen LogP contribution is -2.02. The Labute approximate surface area is 139 Å². The average Bonchev–Trinajstić information content (AvgIpc) is 3.05. The second-order valence-electron chi connectivity index (χ2n) is 5.06. The van der Waals surface area contributed by atoms with Crippen molar-refractivity contribution >= 4 is 22.6 Å².